The van der Waals surface area contributed by atoms with Crippen molar-refractivity contribution in [3.05, 3.63) is 89.8 Å². The summed E-state index contributed by atoms with van der Waals surface area (Å²) in [5.74, 6) is -1.35. The zero-order valence-corrected chi connectivity index (χ0v) is 24.8. The molecule has 0 saturated heterocycles. The van der Waals surface area contributed by atoms with Crippen molar-refractivity contribution in [3.63, 3.8) is 0 Å². The van der Waals surface area contributed by atoms with Gasteiger partial charge < -0.3 is 14.4 Å². The van der Waals surface area contributed by atoms with Crippen molar-refractivity contribution in [1.82, 2.24) is 0 Å². The molecule has 0 N–H and O–H groups in total. The lowest BCUT2D eigenvalue weighted by molar-refractivity contribution is -0.145. The van der Waals surface area contributed by atoms with E-state index >= 15 is 0 Å². The molecule has 0 radical (unpaired) electrons. The first kappa shape index (κ1) is 31.2. The molecule has 1 heterocycles. The second-order valence-electron chi connectivity index (χ2n) is 10.6. The molecular weight excluding hydrogens is 498 g/mol. The molecule has 0 spiro atoms. The number of carbonyl (C=O) groups is 2. The largest absolute Gasteiger partial charge is 0.459 e. The van der Waals surface area contributed by atoms with Crippen LogP contribution in [0.2, 0.25) is 0 Å². The minimum Gasteiger partial charge on any atom is -0.459 e. The van der Waals surface area contributed by atoms with Gasteiger partial charge in [-0.05, 0) is 56.2 Å². The number of rotatable bonds is 16. The maximum absolute atomic E-state index is 13.9. The number of nitrogens with zero attached hydrogens (tertiary/aromatic N) is 1. The monoisotopic (exact) mass is 545 g/mol. The summed E-state index contributed by atoms with van der Waals surface area (Å²) in [6.45, 7) is 8.44. The molecule has 216 valence electrons. The normalized spacial score (nSPS) is 16.5. The van der Waals surface area contributed by atoms with E-state index < -0.39 is 5.92 Å². The van der Waals surface area contributed by atoms with E-state index in [1.807, 2.05) is 78.0 Å². The van der Waals surface area contributed by atoms with Crippen molar-refractivity contribution < 1.29 is 19.1 Å². The zero-order chi connectivity index (χ0) is 28.7. The van der Waals surface area contributed by atoms with Crippen LogP contribution in [0.1, 0.15) is 103 Å². The van der Waals surface area contributed by atoms with Gasteiger partial charge in [0.25, 0.3) is 0 Å². The molecule has 40 heavy (non-hydrogen) atoms. The molecule has 2 aromatic rings. The Morgan fingerprint density at radius 1 is 0.675 bits per heavy atom. The summed E-state index contributed by atoms with van der Waals surface area (Å²) in [4.78, 5) is 29.6. The first-order chi connectivity index (χ1) is 19.5. The highest BCUT2D eigenvalue weighted by molar-refractivity contribution is 6.00. The highest BCUT2D eigenvalue weighted by Crippen LogP contribution is 2.39. The van der Waals surface area contributed by atoms with Crippen molar-refractivity contribution in [3.8, 4) is 0 Å². The molecule has 2 unspecified atom stereocenters. The summed E-state index contributed by atoms with van der Waals surface area (Å²) >= 11 is 0. The molecular formula is C35H47NO4. The molecule has 2 atom stereocenters. The van der Waals surface area contributed by atoms with Crippen LogP contribution in [0.25, 0.3) is 0 Å². The molecule has 5 heteroatoms. The average Bonchev–Trinajstić information content (AvgIpc) is 3.00. The summed E-state index contributed by atoms with van der Waals surface area (Å²) in [6.07, 6.45) is 13.0. The van der Waals surface area contributed by atoms with E-state index in [1.165, 1.54) is 0 Å². The lowest BCUT2D eigenvalue weighted by Gasteiger charge is -2.32. The van der Waals surface area contributed by atoms with E-state index in [4.69, 9.17) is 9.47 Å². The Kier molecular flexibility index (Phi) is 13.0. The number of unbranched alkanes of at least 4 members (excludes halogenated alkanes) is 4. The minimum absolute atomic E-state index is 0.161. The number of anilines is 1. The lowest BCUT2D eigenvalue weighted by Crippen LogP contribution is -2.32. The van der Waals surface area contributed by atoms with Crippen LogP contribution >= 0.6 is 0 Å². The summed E-state index contributed by atoms with van der Waals surface area (Å²) in [5, 5.41) is 0. The summed E-state index contributed by atoms with van der Waals surface area (Å²) in [7, 11) is 0. The van der Waals surface area contributed by atoms with E-state index in [2.05, 4.69) is 27.7 Å². The van der Waals surface area contributed by atoms with Crippen LogP contribution in [0.3, 0.4) is 0 Å². The molecule has 0 saturated carbocycles. The smallest absolute Gasteiger partial charge is 0.336 e. The number of para-hydroxylation sites is 1. The van der Waals surface area contributed by atoms with Gasteiger partial charge >= 0.3 is 11.9 Å². The molecule has 0 amide bonds. The van der Waals surface area contributed by atoms with Crippen LogP contribution < -0.4 is 4.90 Å². The Bertz CT molecular complexity index is 1060. The topological polar surface area (TPSA) is 55.8 Å². The van der Waals surface area contributed by atoms with Crippen LogP contribution in [-0.2, 0) is 19.1 Å². The molecule has 1 aliphatic rings. The summed E-state index contributed by atoms with van der Waals surface area (Å²) in [6, 6.07) is 19.5. The number of ether oxygens (including phenoxy) is 2. The zero-order valence-electron chi connectivity index (χ0n) is 24.8. The third-order valence-electron chi connectivity index (χ3n) is 7.55. The predicted octanol–water partition coefficient (Wildman–Crippen LogP) is 8.86. The first-order valence-corrected chi connectivity index (χ1v) is 15.3. The maximum atomic E-state index is 13.9. The van der Waals surface area contributed by atoms with Crippen molar-refractivity contribution >= 4 is 17.6 Å². The molecule has 2 aromatic carbocycles. The fourth-order valence-electron chi connectivity index (χ4n) is 5.12. The fraction of sp³-hybridized carbons (Fsp3) is 0.486. The van der Waals surface area contributed by atoms with Gasteiger partial charge in [-0.3, -0.25) is 0 Å². The van der Waals surface area contributed by atoms with E-state index in [9.17, 15) is 9.59 Å². The molecule has 1 aliphatic heterocycles. The second kappa shape index (κ2) is 16.7. The summed E-state index contributed by atoms with van der Waals surface area (Å²) < 4.78 is 12.2. The molecule has 0 bridgehead atoms. The van der Waals surface area contributed by atoms with E-state index in [0.717, 1.165) is 75.5 Å². The van der Waals surface area contributed by atoms with Gasteiger partial charge in [-0.25, -0.2) is 9.59 Å². The van der Waals surface area contributed by atoms with Crippen molar-refractivity contribution in [2.45, 2.75) is 110 Å². The highest BCUT2D eigenvalue weighted by atomic mass is 16.5. The Hall–Kier alpha value is -3.34. The van der Waals surface area contributed by atoms with Gasteiger partial charge in [0.2, 0.25) is 0 Å². The Balaban J connectivity index is 2.01. The minimum atomic E-state index is -0.581. The van der Waals surface area contributed by atoms with E-state index in [1.54, 1.807) is 0 Å². The highest BCUT2D eigenvalue weighted by Gasteiger charge is 2.37. The van der Waals surface area contributed by atoms with E-state index in [-0.39, 0.29) is 24.1 Å². The lowest BCUT2D eigenvalue weighted by atomic mass is 9.83. The van der Waals surface area contributed by atoms with Crippen LogP contribution in [0.5, 0.6) is 0 Å². The predicted molar refractivity (Wildman–Crippen MR) is 163 cm³/mol. The molecule has 5 nitrogen and oxygen atoms in total. The van der Waals surface area contributed by atoms with Gasteiger partial charge in [0.05, 0.1) is 17.1 Å². The van der Waals surface area contributed by atoms with Gasteiger partial charge in [-0.1, -0.05) is 102 Å². The Morgan fingerprint density at radius 3 is 1.55 bits per heavy atom. The summed E-state index contributed by atoms with van der Waals surface area (Å²) in [5.41, 5.74) is 2.60. The Labute approximate surface area is 241 Å². The van der Waals surface area contributed by atoms with Crippen LogP contribution in [0.15, 0.2) is 84.2 Å². The van der Waals surface area contributed by atoms with Gasteiger partial charge in [0, 0.05) is 18.1 Å². The third-order valence-corrected chi connectivity index (χ3v) is 7.55. The van der Waals surface area contributed by atoms with Crippen molar-refractivity contribution in [2.24, 2.45) is 0 Å². The van der Waals surface area contributed by atoms with Crippen LogP contribution in [-0.4, -0.2) is 24.1 Å². The van der Waals surface area contributed by atoms with Crippen LogP contribution in [0, 0.1) is 0 Å². The first-order valence-electron chi connectivity index (χ1n) is 15.3. The van der Waals surface area contributed by atoms with E-state index in [0.29, 0.717) is 11.1 Å². The third kappa shape index (κ3) is 8.84. The molecule has 3 rings (SSSR count). The van der Waals surface area contributed by atoms with Crippen LogP contribution in [0.4, 0.5) is 5.69 Å². The molecule has 0 fully saturated rings. The standard InChI is InChI=1S/C35H47NO4/c1-5-9-13-23-29(7-3)39-34(37)31-25-36(28-21-17-12-18-22-28)26-32(33(31)27-19-15-11-16-20-27)35(38)40-30(8-4)24-14-10-6-2/h11-12,15-22,25-26,29-30,33H,5-10,13-14,23-24H2,1-4H3. The second-order valence-corrected chi connectivity index (χ2v) is 10.6. The van der Waals surface area contributed by atoms with Crippen molar-refractivity contribution in [2.75, 3.05) is 4.90 Å². The van der Waals surface area contributed by atoms with Crippen molar-refractivity contribution in [1.29, 1.82) is 0 Å². The van der Waals surface area contributed by atoms with Gasteiger partial charge in [-0.15, -0.1) is 0 Å². The van der Waals surface area contributed by atoms with Gasteiger partial charge in [-0.2, -0.15) is 0 Å². The fourth-order valence-corrected chi connectivity index (χ4v) is 5.12. The number of hydrogen-bond acceptors (Lipinski definition) is 5. The molecule has 0 aliphatic carbocycles. The Morgan fingerprint density at radius 2 is 1.12 bits per heavy atom. The van der Waals surface area contributed by atoms with Gasteiger partial charge in [0.15, 0.2) is 0 Å². The number of benzene rings is 2. The average molecular weight is 546 g/mol. The van der Waals surface area contributed by atoms with Gasteiger partial charge in [0.1, 0.15) is 12.2 Å². The number of carbonyl (C=O) groups excluding carboxylic acids is 2. The number of hydrogen-bond donors (Lipinski definition) is 0. The molecule has 0 aromatic heterocycles. The number of esters is 2. The SMILES string of the molecule is CCCCCC(CC)OC(=O)C1=CN(c2ccccc2)C=C(C(=O)OC(CC)CCCCC)C1c1ccccc1. The quantitative estimate of drug-likeness (QED) is 0.156. The maximum Gasteiger partial charge on any atom is 0.336 e.